The van der Waals surface area contributed by atoms with Gasteiger partial charge >= 0.3 is 0 Å². The number of aliphatic hydroxyl groups is 1. The molecule has 1 aliphatic carbocycles. The van der Waals surface area contributed by atoms with Crippen LogP contribution in [0.15, 0.2) is 18.2 Å². The number of aryl methyl sites for hydroxylation is 1. The second-order valence-corrected chi connectivity index (χ2v) is 4.89. The highest BCUT2D eigenvalue weighted by Gasteiger charge is 2.23. The Morgan fingerprint density at radius 2 is 2.24 bits per heavy atom. The molecule has 1 aromatic carbocycles. The van der Waals surface area contributed by atoms with Crippen LogP contribution in [0.3, 0.4) is 0 Å². The molecule has 0 unspecified atom stereocenters. The maximum atomic E-state index is 10.0. The van der Waals surface area contributed by atoms with Gasteiger partial charge in [-0.15, -0.1) is 0 Å². The molecule has 0 spiro atoms. The fourth-order valence-electron chi connectivity index (χ4n) is 2.50. The van der Waals surface area contributed by atoms with Gasteiger partial charge in [0.2, 0.25) is 0 Å². The van der Waals surface area contributed by atoms with Gasteiger partial charge in [0, 0.05) is 27.4 Å². The third kappa shape index (κ3) is 1.66. The second kappa shape index (κ2) is 3.86. The molecule has 4 heteroatoms. The molecule has 1 heterocycles. The Morgan fingerprint density at radius 3 is 3.06 bits per heavy atom. The zero-order chi connectivity index (χ0) is 12.0. The van der Waals surface area contributed by atoms with Crippen LogP contribution in [-0.4, -0.2) is 10.1 Å². The van der Waals surface area contributed by atoms with E-state index in [2.05, 4.69) is 4.98 Å². The summed E-state index contributed by atoms with van der Waals surface area (Å²) in [4.78, 5) is 4.56. The number of hydrogen-bond donors (Lipinski definition) is 2. The Balaban J connectivity index is 2.35. The van der Waals surface area contributed by atoms with E-state index in [4.69, 9.17) is 17.3 Å². The molecule has 0 saturated heterocycles. The lowest BCUT2D eigenvalue weighted by atomic mass is 9.90. The summed E-state index contributed by atoms with van der Waals surface area (Å²) in [5, 5.41) is 11.5. The average molecular weight is 249 g/mol. The smallest absolute Gasteiger partial charge is 0.0828 e. The number of anilines is 1. The Bertz CT molecular complexity index is 597. The molecule has 0 saturated carbocycles. The highest BCUT2D eigenvalue weighted by atomic mass is 35.5. The number of hydrogen-bond acceptors (Lipinski definition) is 3. The molecule has 1 aliphatic rings. The Morgan fingerprint density at radius 1 is 1.41 bits per heavy atom. The van der Waals surface area contributed by atoms with Crippen molar-refractivity contribution in [1.82, 2.24) is 4.98 Å². The van der Waals surface area contributed by atoms with E-state index in [0.717, 1.165) is 41.4 Å². The number of aliphatic hydroxyl groups excluding tert-OH is 1. The summed E-state index contributed by atoms with van der Waals surface area (Å²) >= 11 is 5.95. The minimum Gasteiger partial charge on any atom is -0.398 e. The highest BCUT2D eigenvalue weighted by molar-refractivity contribution is 6.31. The Labute approximate surface area is 104 Å². The minimum atomic E-state index is -0.480. The summed E-state index contributed by atoms with van der Waals surface area (Å²) in [6, 6.07) is 5.47. The predicted molar refractivity (Wildman–Crippen MR) is 69.1 cm³/mol. The molecule has 0 bridgehead atoms. The number of benzene rings is 1. The van der Waals surface area contributed by atoms with Crippen LogP contribution in [0.1, 0.15) is 30.2 Å². The molecule has 0 aliphatic heterocycles. The fraction of sp³-hybridized carbons (Fsp3) is 0.308. The topological polar surface area (TPSA) is 59.1 Å². The summed E-state index contributed by atoms with van der Waals surface area (Å²) < 4.78 is 0. The number of nitrogen functional groups attached to an aromatic ring is 1. The number of nitrogens with zero attached hydrogens (tertiary/aromatic N) is 1. The molecule has 0 amide bonds. The highest BCUT2D eigenvalue weighted by Crippen LogP contribution is 2.37. The first-order valence-electron chi connectivity index (χ1n) is 5.72. The first-order valence-corrected chi connectivity index (χ1v) is 6.10. The van der Waals surface area contributed by atoms with Crippen LogP contribution in [0.4, 0.5) is 5.69 Å². The number of halogens is 1. The van der Waals surface area contributed by atoms with E-state index >= 15 is 0 Å². The van der Waals surface area contributed by atoms with Gasteiger partial charge in [0.15, 0.2) is 0 Å². The van der Waals surface area contributed by atoms with Gasteiger partial charge in [-0.05, 0) is 37.5 Å². The van der Waals surface area contributed by atoms with Gasteiger partial charge in [0.25, 0.3) is 0 Å². The number of pyridine rings is 1. The summed E-state index contributed by atoms with van der Waals surface area (Å²) in [7, 11) is 0. The van der Waals surface area contributed by atoms with Crippen LogP contribution in [0.25, 0.3) is 10.9 Å². The minimum absolute atomic E-state index is 0.480. The standard InChI is InChI=1S/C13H13ClN2O/c14-7-4-5-8-10(6-7)16-9-2-1-3-11(17)12(9)13(8)15/h4-6,11,17H,1-3H2,(H2,15,16)/t11-/m1/s1. The van der Waals surface area contributed by atoms with Gasteiger partial charge in [-0.25, -0.2) is 0 Å². The van der Waals surface area contributed by atoms with Crippen LogP contribution in [-0.2, 0) is 6.42 Å². The van der Waals surface area contributed by atoms with Crippen molar-refractivity contribution in [2.75, 3.05) is 5.73 Å². The van der Waals surface area contributed by atoms with Crippen molar-refractivity contribution in [2.24, 2.45) is 0 Å². The largest absolute Gasteiger partial charge is 0.398 e. The lowest BCUT2D eigenvalue weighted by Crippen LogP contribution is -2.14. The van der Waals surface area contributed by atoms with Crippen molar-refractivity contribution >= 4 is 28.2 Å². The monoisotopic (exact) mass is 248 g/mol. The number of nitrogens with two attached hydrogens (primary N) is 1. The van der Waals surface area contributed by atoms with Crippen molar-refractivity contribution in [2.45, 2.75) is 25.4 Å². The third-order valence-corrected chi connectivity index (χ3v) is 3.57. The number of rotatable bonds is 0. The number of fused-ring (bicyclic) bond motifs is 2. The fourth-order valence-corrected chi connectivity index (χ4v) is 2.67. The van der Waals surface area contributed by atoms with E-state index in [9.17, 15) is 5.11 Å². The van der Waals surface area contributed by atoms with E-state index in [1.54, 1.807) is 6.07 Å². The molecule has 3 N–H and O–H groups in total. The van der Waals surface area contributed by atoms with Gasteiger partial charge in [0.05, 0.1) is 11.6 Å². The zero-order valence-corrected chi connectivity index (χ0v) is 10.0. The van der Waals surface area contributed by atoms with E-state index < -0.39 is 6.10 Å². The SMILES string of the molecule is Nc1c2c(nc3cc(Cl)ccc13)CCC[C@H]2O. The molecule has 88 valence electrons. The van der Waals surface area contributed by atoms with Crippen LogP contribution in [0, 0.1) is 0 Å². The molecular weight excluding hydrogens is 236 g/mol. The average Bonchev–Trinajstić information content (AvgIpc) is 2.28. The van der Waals surface area contributed by atoms with Crippen molar-refractivity contribution in [3.05, 3.63) is 34.5 Å². The first kappa shape index (κ1) is 10.8. The van der Waals surface area contributed by atoms with Crippen molar-refractivity contribution < 1.29 is 5.11 Å². The summed E-state index contributed by atoms with van der Waals surface area (Å²) in [6.45, 7) is 0. The van der Waals surface area contributed by atoms with Crippen LogP contribution < -0.4 is 5.73 Å². The maximum absolute atomic E-state index is 10.0. The van der Waals surface area contributed by atoms with Crippen molar-refractivity contribution in [3.63, 3.8) is 0 Å². The zero-order valence-electron chi connectivity index (χ0n) is 9.28. The Kier molecular flexibility index (Phi) is 2.45. The van der Waals surface area contributed by atoms with Gasteiger partial charge < -0.3 is 10.8 Å². The summed E-state index contributed by atoms with van der Waals surface area (Å²) in [5.41, 5.74) is 9.32. The molecule has 0 radical (unpaired) electrons. The van der Waals surface area contributed by atoms with E-state index in [-0.39, 0.29) is 0 Å². The molecule has 0 fully saturated rings. The maximum Gasteiger partial charge on any atom is 0.0828 e. The van der Waals surface area contributed by atoms with Gasteiger partial charge in [-0.2, -0.15) is 0 Å². The molecular formula is C13H13ClN2O. The summed E-state index contributed by atoms with van der Waals surface area (Å²) in [5.74, 6) is 0. The molecule has 1 aromatic heterocycles. The van der Waals surface area contributed by atoms with Gasteiger partial charge in [-0.3, -0.25) is 4.98 Å². The van der Waals surface area contributed by atoms with Crippen LogP contribution in [0.2, 0.25) is 5.02 Å². The molecule has 1 atom stereocenters. The van der Waals surface area contributed by atoms with E-state index in [1.165, 1.54) is 0 Å². The van der Waals surface area contributed by atoms with E-state index in [0.29, 0.717) is 10.7 Å². The van der Waals surface area contributed by atoms with Crippen molar-refractivity contribution in [3.8, 4) is 0 Å². The molecule has 3 rings (SSSR count). The lowest BCUT2D eigenvalue weighted by molar-refractivity contribution is 0.156. The van der Waals surface area contributed by atoms with Gasteiger partial charge in [0.1, 0.15) is 0 Å². The van der Waals surface area contributed by atoms with Crippen LogP contribution >= 0.6 is 11.6 Å². The lowest BCUT2D eigenvalue weighted by Gasteiger charge is -2.23. The number of aromatic nitrogens is 1. The molecule has 2 aromatic rings. The Hall–Kier alpha value is -1.32. The van der Waals surface area contributed by atoms with E-state index in [1.807, 2.05) is 12.1 Å². The molecule has 3 nitrogen and oxygen atoms in total. The predicted octanol–water partition coefficient (Wildman–Crippen LogP) is 2.84. The normalized spacial score (nSPS) is 19.3. The third-order valence-electron chi connectivity index (χ3n) is 3.33. The van der Waals surface area contributed by atoms with Crippen molar-refractivity contribution in [1.29, 1.82) is 0 Å². The summed E-state index contributed by atoms with van der Waals surface area (Å²) in [6.07, 6.45) is 2.11. The molecule has 17 heavy (non-hydrogen) atoms. The quantitative estimate of drug-likeness (QED) is 0.754. The second-order valence-electron chi connectivity index (χ2n) is 4.46. The van der Waals surface area contributed by atoms with Crippen LogP contribution in [0.5, 0.6) is 0 Å². The van der Waals surface area contributed by atoms with Gasteiger partial charge in [-0.1, -0.05) is 11.6 Å². The first-order chi connectivity index (χ1) is 8.16.